The fraction of sp³-hybridized carbons (Fsp3) is 0. The third-order valence-electron chi connectivity index (χ3n) is 4.10. The van der Waals surface area contributed by atoms with E-state index in [0.717, 1.165) is 21.7 Å². The van der Waals surface area contributed by atoms with Crippen molar-refractivity contribution in [1.82, 2.24) is 0 Å². The summed E-state index contributed by atoms with van der Waals surface area (Å²) in [6, 6.07) is 28.9. The van der Waals surface area contributed by atoms with Gasteiger partial charge in [-0.2, -0.15) is 0 Å². The summed E-state index contributed by atoms with van der Waals surface area (Å²) < 4.78 is 0. The van der Waals surface area contributed by atoms with E-state index in [1.165, 1.54) is 5.56 Å². The van der Waals surface area contributed by atoms with Crippen LogP contribution in [0, 0.1) is 0 Å². The molecule has 0 aliphatic heterocycles. The van der Waals surface area contributed by atoms with Crippen molar-refractivity contribution in [3.63, 3.8) is 0 Å². The zero-order valence-electron chi connectivity index (χ0n) is 15.1. The van der Waals surface area contributed by atoms with Crippen molar-refractivity contribution in [2.75, 3.05) is 0 Å². The van der Waals surface area contributed by atoms with Gasteiger partial charge in [0.15, 0.2) is 0 Å². The highest BCUT2D eigenvalue weighted by Gasteiger charge is 2.04. The molecule has 0 aliphatic rings. The minimum Gasteiger partial charge on any atom is -0.0843 e. The van der Waals surface area contributed by atoms with Gasteiger partial charge in [-0.05, 0) is 58.7 Å². The van der Waals surface area contributed by atoms with Crippen molar-refractivity contribution in [2.45, 2.75) is 0 Å². The van der Waals surface area contributed by atoms with Crippen molar-refractivity contribution < 1.29 is 0 Å². The zero-order chi connectivity index (χ0) is 20.8. The van der Waals surface area contributed by atoms with Gasteiger partial charge < -0.3 is 0 Å². The summed E-state index contributed by atoms with van der Waals surface area (Å²) in [5.74, 6) is 0. The van der Waals surface area contributed by atoms with Gasteiger partial charge in [-0.25, -0.2) is 0 Å². The highest BCUT2D eigenvalue weighted by molar-refractivity contribution is 6.43. The molecule has 4 aromatic carbocycles. The standard InChI is InChI=1S/C12H6Cl4.C12H9Cl/c13-9-3-1-7(5-11(9)15)8-2-4-10(14)12(16)6-8;13-12-8-4-7-11(9-12)10-5-2-1-3-6-10/h1-6H;1-9H. The molecule has 0 atom stereocenters. The van der Waals surface area contributed by atoms with Gasteiger partial charge >= 0.3 is 0 Å². The maximum atomic E-state index is 5.94. The maximum absolute atomic E-state index is 5.94. The monoisotopic (exact) mass is 478 g/mol. The van der Waals surface area contributed by atoms with Crippen LogP contribution in [0.25, 0.3) is 22.3 Å². The predicted molar refractivity (Wildman–Crippen MR) is 129 cm³/mol. The molecule has 0 bridgehead atoms. The molecule has 0 N–H and O–H groups in total. The predicted octanol–water partition coefficient (Wildman–Crippen LogP) is 9.97. The van der Waals surface area contributed by atoms with Crippen LogP contribution >= 0.6 is 58.0 Å². The third-order valence-corrected chi connectivity index (χ3v) is 5.82. The van der Waals surface area contributed by atoms with Crippen molar-refractivity contribution in [3.05, 3.63) is 116 Å². The van der Waals surface area contributed by atoms with E-state index >= 15 is 0 Å². The lowest BCUT2D eigenvalue weighted by molar-refractivity contribution is 1.61. The van der Waals surface area contributed by atoms with Crippen LogP contribution in [0.4, 0.5) is 0 Å². The van der Waals surface area contributed by atoms with Crippen molar-refractivity contribution in [1.29, 1.82) is 0 Å². The average Bonchev–Trinajstić information content (AvgIpc) is 2.73. The Morgan fingerprint density at radius 3 is 1.31 bits per heavy atom. The molecule has 5 heteroatoms. The largest absolute Gasteiger partial charge is 0.0843 e. The van der Waals surface area contributed by atoms with Crippen LogP contribution in [0.3, 0.4) is 0 Å². The van der Waals surface area contributed by atoms with Crippen molar-refractivity contribution >= 4 is 58.0 Å². The second-order valence-corrected chi connectivity index (χ2v) is 8.20. The fourth-order valence-corrected chi connectivity index (χ4v) is 3.44. The minimum absolute atomic E-state index is 0.519. The summed E-state index contributed by atoms with van der Waals surface area (Å²) in [5.41, 5.74) is 4.26. The van der Waals surface area contributed by atoms with Gasteiger partial charge in [-0.3, -0.25) is 0 Å². The van der Waals surface area contributed by atoms with E-state index in [0.29, 0.717) is 20.1 Å². The van der Waals surface area contributed by atoms with E-state index in [-0.39, 0.29) is 0 Å². The van der Waals surface area contributed by atoms with E-state index in [4.69, 9.17) is 58.0 Å². The maximum Gasteiger partial charge on any atom is 0.0598 e. The van der Waals surface area contributed by atoms with E-state index in [9.17, 15) is 0 Å². The van der Waals surface area contributed by atoms with Crippen LogP contribution in [0.2, 0.25) is 25.1 Å². The van der Waals surface area contributed by atoms with Gasteiger partial charge in [0.25, 0.3) is 0 Å². The first-order valence-electron chi connectivity index (χ1n) is 8.65. The Balaban J connectivity index is 0.000000169. The van der Waals surface area contributed by atoms with Gasteiger partial charge in [0, 0.05) is 5.02 Å². The molecule has 0 amide bonds. The summed E-state index contributed by atoms with van der Waals surface area (Å²) in [6.45, 7) is 0. The van der Waals surface area contributed by atoms with Crippen LogP contribution in [0.15, 0.2) is 91.0 Å². The second kappa shape index (κ2) is 10.4. The Morgan fingerprint density at radius 2 is 0.828 bits per heavy atom. The van der Waals surface area contributed by atoms with Gasteiger partial charge in [-0.1, -0.05) is 113 Å². The Bertz CT molecular complexity index is 1060. The van der Waals surface area contributed by atoms with Gasteiger partial charge in [-0.15, -0.1) is 0 Å². The molecule has 0 spiro atoms. The molecule has 0 saturated carbocycles. The smallest absolute Gasteiger partial charge is 0.0598 e. The molecule has 0 aromatic heterocycles. The summed E-state index contributed by atoms with van der Waals surface area (Å²) >= 11 is 29.5. The highest BCUT2D eigenvalue weighted by atomic mass is 35.5. The molecule has 0 saturated heterocycles. The van der Waals surface area contributed by atoms with Crippen LogP contribution in [0.1, 0.15) is 0 Å². The number of hydrogen-bond donors (Lipinski definition) is 0. The molecule has 0 fully saturated rings. The number of hydrogen-bond acceptors (Lipinski definition) is 0. The zero-order valence-corrected chi connectivity index (χ0v) is 18.8. The number of rotatable bonds is 2. The summed E-state index contributed by atoms with van der Waals surface area (Å²) in [5, 5.41) is 2.88. The molecule has 0 radical (unpaired) electrons. The Hall–Kier alpha value is -1.67. The molecule has 0 aliphatic carbocycles. The molecule has 0 unspecified atom stereocenters. The SMILES string of the molecule is Clc1ccc(-c2ccc(Cl)c(Cl)c2)cc1Cl.Clc1cccc(-c2ccccc2)c1. The molecule has 0 nitrogen and oxygen atoms in total. The average molecular weight is 481 g/mol. The van der Waals surface area contributed by atoms with Gasteiger partial charge in [0.1, 0.15) is 0 Å². The minimum atomic E-state index is 0.519. The molecule has 0 heterocycles. The van der Waals surface area contributed by atoms with Gasteiger partial charge in [0.2, 0.25) is 0 Å². The quantitative estimate of drug-likeness (QED) is 0.268. The normalized spacial score (nSPS) is 10.2. The van der Waals surface area contributed by atoms with Crippen LogP contribution in [-0.2, 0) is 0 Å². The topological polar surface area (TPSA) is 0 Å². The second-order valence-electron chi connectivity index (χ2n) is 6.13. The molecular weight excluding hydrogens is 466 g/mol. The first kappa shape index (κ1) is 22.0. The number of benzene rings is 4. The fourth-order valence-electron chi connectivity index (χ4n) is 2.65. The summed E-state index contributed by atoms with van der Waals surface area (Å²) in [6.07, 6.45) is 0. The van der Waals surface area contributed by atoms with Crippen molar-refractivity contribution in [2.24, 2.45) is 0 Å². The lowest BCUT2D eigenvalue weighted by Gasteiger charge is -2.05. The third kappa shape index (κ3) is 6.15. The molecule has 4 rings (SSSR count). The van der Waals surface area contributed by atoms with Crippen LogP contribution < -0.4 is 0 Å². The Morgan fingerprint density at radius 1 is 0.345 bits per heavy atom. The van der Waals surface area contributed by atoms with E-state index < -0.39 is 0 Å². The summed E-state index contributed by atoms with van der Waals surface area (Å²) in [7, 11) is 0. The summed E-state index contributed by atoms with van der Waals surface area (Å²) in [4.78, 5) is 0. The van der Waals surface area contributed by atoms with Gasteiger partial charge in [0.05, 0.1) is 20.1 Å². The lowest BCUT2D eigenvalue weighted by atomic mass is 10.1. The lowest BCUT2D eigenvalue weighted by Crippen LogP contribution is -1.79. The van der Waals surface area contributed by atoms with E-state index in [2.05, 4.69) is 18.2 Å². The van der Waals surface area contributed by atoms with E-state index in [1.54, 1.807) is 24.3 Å². The first-order valence-corrected chi connectivity index (χ1v) is 10.5. The molecule has 146 valence electrons. The van der Waals surface area contributed by atoms with Crippen LogP contribution in [0.5, 0.6) is 0 Å². The highest BCUT2D eigenvalue weighted by Crippen LogP contribution is 2.32. The Kier molecular flexibility index (Phi) is 7.89. The molecule has 4 aromatic rings. The molecule has 29 heavy (non-hydrogen) atoms. The first-order chi connectivity index (χ1) is 13.9. The number of halogens is 5. The molecular formula is C24H15Cl5. The van der Waals surface area contributed by atoms with Crippen LogP contribution in [-0.4, -0.2) is 0 Å². The van der Waals surface area contributed by atoms with Crippen molar-refractivity contribution in [3.8, 4) is 22.3 Å². The Labute approximate surface area is 195 Å². The van der Waals surface area contributed by atoms with E-state index in [1.807, 2.05) is 48.5 Å².